The van der Waals surface area contributed by atoms with Gasteiger partial charge < -0.3 is 14.3 Å². The van der Waals surface area contributed by atoms with E-state index in [2.05, 4.69) is 11.8 Å². The Balaban J connectivity index is 1.83. The number of methoxy groups -OCH3 is 1. The molecule has 3 rings (SSSR count). The first kappa shape index (κ1) is 17.0. The van der Waals surface area contributed by atoms with E-state index in [1.807, 2.05) is 26.0 Å². The molecule has 130 valence electrons. The quantitative estimate of drug-likeness (QED) is 0.932. The van der Waals surface area contributed by atoms with Gasteiger partial charge in [0, 0.05) is 25.2 Å². The number of aliphatic hydroxyl groups is 1. The van der Waals surface area contributed by atoms with Crippen LogP contribution in [0.1, 0.15) is 35.4 Å². The van der Waals surface area contributed by atoms with E-state index < -0.39 is 0 Å². The lowest BCUT2D eigenvalue weighted by Crippen LogP contribution is -2.35. The third kappa shape index (κ3) is 3.32. The molecule has 1 aliphatic rings. The lowest BCUT2D eigenvalue weighted by atomic mass is 10.0. The van der Waals surface area contributed by atoms with Crippen molar-refractivity contribution >= 4 is 0 Å². The second kappa shape index (κ2) is 6.95. The molecule has 1 aromatic heterocycles. The van der Waals surface area contributed by atoms with Gasteiger partial charge in [-0.25, -0.2) is 4.98 Å². The predicted molar refractivity (Wildman–Crippen MR) is 93.2 cm³/mol. The average molecular weight is 330 g/mol. The van der Waals surface area contributed by atoms with Gasteiger partial charge in [0.15, 0.2) is 0 Å². The smallest absolute Gasteiger partial charge is 0.226 e. The van der Waals surface area contributed by atoms with Gasteiger partial charge in [-0.2, -0.15) is 0 Å². The van der Waals surface area contributed by atoms with Crippen molar-refractivity contribution in [1.29, 1.82) is 0 Å². The van der Waals surface area contributed by atoms with Crippen molar-refractivity contribution in [3.05, 3.63) is 34.7 Å². The van der Waals surface area contributed by atoms with Crippen molar-refractivity contribution in [2.45, 2.75) is 46.3 Å². The molecule has 0 bridgehead atoms. The maximum Gasteiger partial charge on any atom is 0.226 e. The van der Waals surface area contributed by atoms with Crippen molar-refractivity contribution in [2.75, 3.05) is 20.2 Å². The van der Waals surface area contributed by atoms with E-state index in [9.17, 15) is 5.11 Å². The zero-order chi connectivity index (χ0) is 17.3. The average Bonchev–Trinajstić information content (AvgIpc) is 2.92. The summed E-state index contributed by atoms with van der Waals surface area (Å²) >= 11 is 0. The van der Waals surface area contributed by atoms with Gasteiger partial charge >= 0.3 is 0 Å². The molecule has 1 fully saturated rings. The van der Waals surface area contributed by atoms with E-state index in [4.69, 9.17) is 14.1 Å². The summed E-state index contributed by atoms with van der Waals surface area (Å²) in [6.45, 7) is 8.67. The molecule has 1 aliphatic heterocycles. The first-order valence-corrected chi connectivity index (χ1v) is 8.51. The minimum absolute atomic E-state index is 0.153. The molecule has 0 atom stereocenters. The number of ether oxygens (including phenoxy) is 1. The van der Waals surface area contributed by atoms with E-state index >= 15 is 0 Å². The van der Waals surface area contributed by atoms with Gasteiger partial charge in [0.05, 0.1) is 18.9 Å². The summed E-state index contributed by atoms with van der Waals surface area (Å²) in [6.07, 6.45) is 1.52. The van der Waals surface area contributed by atoms with E-state index in [1.54, 1.807) is 7.11 Å². The summed E-state index contributed by atoms with van der Waals surface area (Å²) in [6, 6.07) is 3.97. The number of nitrogens with zero attached hydrogens (tertiary/aromatic N) is 2. The van der Waals surface area contributed by atoms with Gasteiger partial charge in [0.2, 0.25) is 5.89 Å². The van der Waals surface area contributed by atoms with Crippen LogP contribution in [0.3, 0.4) is 0 Å². The Morgan fingerprint density at radius 1 is 1.21 bits per heavy atom. The number of likely N-dealkylation sites (tertiary alicyclic amines) is 1. The fourth-order valence-electron chi connectivity index (χ4n) is 3.23. The van der Waals surface area contributed by atoms with Crippen LogP contribution in [0, 0.1) is 20.8 Å². The number of rotatable bonds is 4. The number of aliphatic hydroxyl groups excluding tert-OH is 1. The number of hydrogen-bond acceptors (Lipinski definition) is 5. The number of aryl methyl sites for hydroxylation is 1. The molecular weight excluding hydrogens is 304 g/mol. The fourth-order valence-corrected chi connectivity index (χ4v) is 3.23. The van der Waals surface area contributed by atoms with Gasteiger partial charge in [0.1, 0.15) is 11.5 Å². The molecule has 0 aliphatic carbocycles. The van der Waals surface area contributed by atoms with Crippen LogP contribution in [0.4, 0.5) is 0 Å². The van der Waals surface area contributed by atoms with Crippen molar-refractivity contribution in [3.63, 3.8) is 0 Å². The summed E-state index contributed by atoms with van der Waals surface area (Å²) in [5.41, 5.74) is 4.23. The first-order chi connectivity index (χ1) is 11.5. The summed E-state index contributed by atoms with van der Waals surface area (Å²) in [7, 11) is 1.68. The molecule has 1 saturated heterocycles. The van der Waals surface area contributed by atoms with Crippen LogP contribution in [0.15, 0.2) is 16.5 Å². The minimum atomic E-state index is -0.153. The molecule has 1 N–H and O–H groups in total. The van der Waals surface area contributed by atoms with Crippen LogP contribution >= 0.6 is 0 Å². The molecule has 0 amide bonds. The molecule has 0 saturated carbocycles. The highest BCUT2D eigenvalue weighted by atomic mass is 16.5. The Hall–Kier alpha value is -1.85. The van der Waals surface area contributed by atoms with Crippen molar-refractivity contribution in [3.8, 4) is 17.2 Å². The van der Waals surface area contributed by atoms with Gasteiger partial charge in [-0.15, -0.1) is 0 Å². The number of oxazole rings is 1. The topological polar surface area (TPSA) is 58.7 Å². The summed E-state index contributed by atoms with van der Waals surface area (Å²) in [5, 5.41) is 9.63. The van der Waals surface area contributed by atoms with E-state index in [0.717, 1.165) is 66.4 Å². The van der Waals surface area contributed by atoms with Crippen molar-refractivity contribution in [1.82, 2.24) is 9.88 Å². The van der Waals surface area contributed by atoms with Crippen molar-refractivity contribution < 1.29 is 14.3 Å². The van der Waals surface area contributed by atoms with Crippen LogP contribution in [-0.2, 0) is 6.54 Å². The Kier molecular flexibility index (Phi) is 4.92. The van der Waals surface area contributed by atoms with Gasteiger partial charge in [-0.1, -0.05) is 0 Å². The zero-order valence-electron chi connectivity index (χ0n) is 14.9. The van der Waals surface area contributed by atoms with Crippen LogP contribution in [0.5, 0.6) is 5.75 Å². The zero-order valence-corrected chi connectivity index (χ0v) is 14.9. The highest BCUT2D eigenvalue weighted by molar-refractivity contribution is 5.63. The largest absolute Gasteiger partial charge is 0.496 e. The highest BCUT2D eigenvalue weighted by Gasteiger charge is 2.21. The Bertz CT molecular complexity index is 716. The molecule has 0 radical (unpaired) electrons. The molecular formula is C19H26N2O3. The number of piperidine rings is 1. The third-order valence-corrected chi connectivity index (χ3v) is 5.01. The number of aromatic nitrogens is 1. The molecule has 0 unspecified atom stereocenters. The minimum Gasteiger partial charge on any atom is -0.496 e. The normalized spacial score (nSPS) is 16.5. The van der Waals surface area contributed by atoms with Crippen LogP contribution in [0.2, 0.25) is 0 Å². The highest BCUT2D eigenvalue weighted by Crippen LogP contribution is 2.31. The van der Waals surface area contributed by atoms with E-state index in [0.29, 0.717) is 5.89 Å². The fraction of sp³-hybridized carbons (Fsp3) is 0.526. The molecule has 1 aromatic carbocycles. The lowest BCUT2D eigenvalue weighted by molar-refractivity contribution is 0.0785. The predicted octanol–water partition coefficient (Wildman–Crippen LogP) is 3.23. The van der Waals surface area contributed by atoms with Crippen LogP contribution < -0.4 is 4.74 Å². The van der Waals surface area contributed by atoms with Crippen LogP contribution in [-0.4, -0.2) is 41.3 Å². The van der Waals surface area contributed by atoms with Gasteiger partial charge in [-0.05, 0) is 56.9 Å². The maximum absolute atomic E-state index is 9.63. The second-order valence-electron chi connectivity index (χ2n) is 6.59. The summed E-state index contributed by atoms with van der Waals surface area (Å²) in [5.74, 6) is 2.42. The molecule has 2 heterocycles. The Labute approximate surface area is 143 Å². The number of hydrogen-bond donors (Lipinski definition) is 1. The second-order valence-corrected chi connectivity index (χ2v) is 6.59. The lowest BCUT2D eigenvalue weighted by Gasteiger charge is -2.28. The Morgan fingerprint density at radius 2 is 1.92 bits per heavy atom. The number of benzene rings is 1. The van der Waals surface area contributed by atoms with E-state index in [1.165, 1.54) is 0 Å². The monoisotopic (exact) mass is 330 g/mol. The van der Waals surface area contributed by atoms with E-state index in [-0.39, 0.29) is 6.10 Å². The third-order valence-electron chi connectivity index (χ3n) is 5.01. The Morgan fingerprint density at radius 3 is 2.58 bits per heavy atom. The van der Waals surface area contributed by atoms with Crippen molar-refractivity contribution in [2.24, 2.45) is 0 Å². The molecule has 5 heteroatoms. The molecule has 24 heavy (non-hydrogen) atoms. The summed E-state index contributed by atoms with van der Waals surface area (Å²) < 4.78 is 11.3. The maximum atomic E-state index is 9.63. The molecule has 0 spiro atoms. The molecule has 5 nitrogen and oxygen atoms in total. The molecule has 2 aromatic rings. The first-order valence-electron chi connectivity index (χ1n) is 8.51. The van der Waals surface area contributed by atoms with Gasteiger partial charge in [0.25, 0.3) is 0 Å². The SMILES string of the molecule is COc1ccc(-c2nc(CN3CCC(O)CC3)c(C)o2)c(C)c1C. The van der Waals surface area contributed by atoms with Gasteiger partial charge in [-0.3, -0.25) is 4.90 Å². The standard InChI is InChI=1S/C19H26N2O3/c1-12-13(2)18(23-4)6-5-16(12)19-20-17(14(3)24-19)11-21-9-7-15(22)8-10-21/h5-6,15,22H,7-11H2,1-4H3. The van der Waals surface area contributed by atoms with Crippen LogP contribution in [0.25, 0.3) is 11.5 Å². The summed E-state index contributed by atoms with van der Waals surface area (Å²) in [4.78, 5) is 7.07.